The SMILES string of the molecule is CCCCc1cnc(-c2ccc3c(F)c(CCc4ccc(C#N)c(F)c4)ccc3c2)nc1. The van der Waals surface area contributed by atoms with E-state index in [0.717, 1.165) is 41.3 Å². The molecule has 5 heteroatoms. The molecular formula is C27H23F2N3. The quantitative estimate of drug-likeness (QED) is 0.335. The smallest absolute Gasteiger partial charge is 0.159 e. The lowest BCUT2D eigenvalue weighted by Gasteiger charge is -2.09. The van der Waals surface area contributed by atoms with Crippen molar-refractivity contribution >= 4 is 10.8 Å². The van der Waals surface area contributed by atoms with E-state index in [0.29, 0.717) is 29.6 Å². The van der Waals surface area contributed by atoms with Crippen LogP contribution in [0, 0.1) is 23.0 Å². The van der Waals surface area contributed by atoms with Crippen LogP contribution in [0.4, 0.5) is 8.78 Å². The van der Waals surface area contributed by atoms with Crippen LogP contribution < -0.4 is 0 Å². The number of fused-ring (bicyclic) bond motifs is 1. The Morgan fingerprint density at radius 1 is 0.875 bits per heavy atom. The fourth-order valence-electron chi connectivity index (χ4n) is 3.77. The van der Waals surface area contributed by atoms with Crippen molar-refractivity contribution < 1.29 is 8.78 Å². The van der Waals surface area contributed by atoms with Gasteiger partial charge in [0, 0.05) is 23.3 Å². The Labute approximate surface area is 186 Å². The molecule has 4 aromatic rings. The number of rotatable bonds is 7. The first-order chi connectivity index (χ1) is 15.6. The number of hydrogen-bond donors (Lipinski definition) is 0. The molecular weight excluding hydrogens is 404 g/mol. The molecule has 32 heavy (non-hydrogen) atoms. The molecule has 0 atom stereocenters. The first-order valence-electron chi connectivity index (χ1n) is 10.8. The van der Waals surface area contributed by atoms with Gasteiger partial charge in [0.15, 0.2) is 5.82 Å². The molecule has 0 aliphatic heterocycles. The van der Waals surface area contributed by atoms with Crippen LogP contribution >= 0.6 is 0 Å². The Morgan fingerprint density at radius 2 is 1.69 bits per heavy atom. The van der Waals surface area contributed by atoms with Gasteiger partial charge in [-0.1, -0.05) is 43.7 Å². The average molecular weight is 427 g/mol. The van der Waals surface area contributed by atoms with Gasteiger partial charge >= 0.3 is 0 Å². The van der Waals surface area contributed by atoms with Gasteiger partial charge < -0.3 is 0 Å². The number of unbranched alkanes of at least 4 members (excludes halogenated alkanes) is 1. The maximum Gasteiger partial charge on any atom is 0.159 e. The number of nitriles is 1. The molecule has 0 fully saturated rings. The molecule has 0 aliphatic rings. The zero-order chi connectivity index (χ0) is 22.5. The number of hydrogen-bond acceptors (Lipinski definition) is 3. The third kappa shape index (κ3) is 4.65. The van der Waals surface area contributed by atoms with Gasteiger partial charge in [-0.3, -0.25) is 0 Å². The largest absolute Gasteiger partial charge is 0.236 e. The summed E-state index contributed by atoms with van der Waals surface area (Å²) in [7, 11) is 0. The highest BCUT2D eigenvalue weighted by Crippen LogP contribution is 2.27. The van der Waals surface area contributed by atoms with Gasteiger partial charge in [-0.05, 0) is 66.0 Å². The van der Waals surface area contributed by atoms with Crippen molar-refractivity contribution in [3.8, 4) is 17.5 Å². The average Bonchev–Trinajstić information content (AvgIpc) is 2.82. The minimum absolute atomic E-state index is 0.0148. The summed E-state index contributed by atoms with van der Waals surface area (Å²) >= 11 is 0. The molecule has 0 aliphatic carbocycles. The molecule has 0 N–H and O–H groups in total. The molecule has 3 nitrogen and oxygen atoms in total. The number of benzene rings is 3. The van der Waals surface area contributed by atoms with Gasteiger partial charge in [-0.25, -0.2) is 18.7 Å². The molecule has 0 spiro atoms. The Balaban J connectivity index is 1.53. The van der Waals surface area contributed by atoms with Gasteiger partial charge in [-0.15, -0.1) is 0 Å². The third-order valence-electron chi connectivity index (χ3n) is 5.65. The van der Waals surface area contributed by atoms with Gasteiger partial charge in [-0.2, -0.15) is 5.26 Å². The van der Waals surface area contributed by atoms with Crippen molar-refractivity contribution in [3.63, 3.8) is 0 Å². The summed E-state index contributed by atoms with van der Waals surface area (Å²) in [5.74, 6) is -0.185. The van der Waals surface area contributed by atoms with E-state index in [4.69, 9.17) is 5.26 Å². The highest BCUT2D eigenvalue weighted by atomic mass is 19.1. The number of aryl methyl sites for hydroxylation is 3. The molecule has 0 bridgehead atoms. The first kappa shape index (κ1) is 21.6. The summed E-state index contributed by atoms with van der Waals surface area (Å²) in [5, 5.41) is 10.2. The second-order valence-electron chi connectivity index (χ2n) is 7.92. The summed E-state index contributed by atoms with van der Waals surface area (Å²) in [6.07, 6.45) is 7.86. The summed E-state index contributed by atoms with van der Waals surface area (Å²) < 4.78 is 28.9. The van der Waals surface area contributed by atoms with Gasteiger partial charge in [0.2, 0.25) is 0 Å². The van der Waals surface area contributed by atoms with Gasteiger partial charge in [0.05, 0.1) is 5.56 Å². The van der Waals surface area contributed by atoms with E-state index < -0.39 is 5.82 Å². The Kier molecular flexibility index (Phi) is 6.51. The van der Waals surface area contributed by atoms with E-state index >= 15 is 4.39 Å². The van der Waals surface area contributed by atoms with E-state index in [1.807, 2.05) is 36.7 Å². The Hall–Kier alpha value is -3.65. The molecule has 0 saturated heterocycles. The van der Waals surface area contributed by atoms with E-state index in [1.165, 1.54) is 12.1 Å². The maximum absolute atomic E-state index is 15.1. The zero-order valence-electron chi connectivity index (χ0n) is 17.9. The van der Waals surface area contributed by atoms with Crippen LogP contribution in [0.2, 0.25) is 0 Å². The van der Waals surface area contributed by atoms with Crippen molar-refractivity contribution in [2.75, 3.05) is 0 Å². The van der Waals surface area contributed by atoms with Crippen molar-refractivity contribution in [3.05, 3.63) is 94.8 Å². The summed E-state index contributed by atoms with van der Waals surface area (Å²) in [6.45, 7) is 2.15. The van der Waals surface area contributed by atoms with Crippen LogP contribution in [0.15, 0.2) is 60.9 Å². The standard InChI is InChI=1S/C27H23F2N3/c1-2-3-4-19-16-31-27(32-17-19)22-11-12-24-21(14-22)10-9-20(26(24)29)7-5-18-6-8-23(15-30)25(28)13-18/h6,8-14,16-17H,2-5,7H2,1H3. The van der Waals surface area contributed by atoms with E-state index in [2.05, 4.69) is 16.9 Å². The van der Waals surface area contributed by atoms with Crippen molar-refractivity contribution in [1.29, 1.82) is 5.26 Å². The lowest BCUT2D eigenvalue weighted by atomic mass is 9.98. The molecule has 3 aromatic carbocycles. The Morgan fingerprint density at radius 3 is 2.41 bits per heavy atom. The maximum atomic E-state index is 15.1. The summed E-state index contributed by atoms with van der Waals surface area (Å²) in [5.41, 5.74) is 3.29. The molecule has 0 saturated carbocycles. The van der Waals surface area contributed by atoms with Gasteiger partial charge in [0.25, 0.3) is 0 Å². The highest BCUT2D eigenvalue weighted by Gasteiger charge is 2.11. The number of nitrogens with zero attached hydrogens (tertiary/aromatic N) is 3. The molecule has 0 amide bonds. The van der Waals surface area contributed by atoms with Crippen LogP contribution in [0.3, 0.4) is 0 Å². The number of halogens is 2. The molecule has 0 unspecified atom stereocenters. The van der Waals surface area contributed by atoms with E-state index in [1.54, 1.807) is 18.2 Å². The monoisotopic (exact) mass is 427 g/mol. The van der Waals surface area contributed by atoms with Gasteiger partial charge in [0.1, 0.15) is 17.7 Å². The normalized spacial score (nSPS) is 10.9. The van der Waals surface area contributed by atoms with Crippen LogP contribution in [0.1, 0.15) is 42.0 Å². The zero-order valence-corrected chi connectivity index (χ0v) is 17.9. The van der Waals surface area contributed by atoms with Crippen LogP contribution in [0.25, 0.3) is 22.2 Å². The van der Waals surface area contributed by atoms with E-state index in [9.17, 15) is 4.39 Å². The second-order valence-corrected chi connectivity index (χ2v) is 7.92. The van der Waals surface area contributed by atoms with Crippen molar-refractivity contribution in [1.82, 2.24) is 9.97 Å². The lowest BCUT2D eigenvalue weighted by Crippen LogP contribution is -1.98. The molecule has 4 rings (SSSR count). The number of aromatic nitrogens is 2. The second kappa shape index (κ2) is 9.65. The minimum Gasteiger partial charge on any atom is -0.236 e. The fourth-order valence-corrected chi connectivity index (χ4v) is 3.77. The first-order valence-corrected chi connectivity index (χ1v) is 10.8. The Bertz CT molecular complexity index is 1290. The summed E-state index contributed by atoms with van der Waals surface area (Å²) in [6, 6.07) is 15.5. The molecule has 1 aromatic heterocycles. The molecule has 0 radical (unpaired) electrons. The minimum atomic E-state index is -0.544. The third-order valence-corrected chi connectivity index (χ3v) is 5.65. The van der Waals surface area contributed by atoms with Crippen LogP contribution in [0.5, 0.6) is 0 Å². The van der Waals surface area contributed by atoms with Crippen molar-refractivity contribution in [2.45, 2.75) is 39.0 Å². The highest BCUT2D eigenvalue weighted by molar-refractivity contribution is 5.87. The van der Waals surface area contributed by atoms with E-state index in [-0.39, 0.29) is 11.4 Å². The van der Waals surface area contributed by atoms with Crippen molar-refractivity contribution in [2.24, 2.45) is 0 Å². The van der Waals surface area contributed by atoms with Crippen LogP contribution in [-0.2, 0) is 19.3 Å². The molecule has 160 valence electrons. The fraction of sp³-hybridized carbons (Fsp3) is 0.222. The topological polar surface area (TPSA) is 49.6 Å². The van der Waals surface area contributed by atoms with Crippen LogP contribution in [-0.4, -0.2) is 9.97 Å². The predicted octanol–water partition coefficient (Wildman–Crippen LogP) is 6.57. The predicted molar refractivity (Wildman–Crippen MR) is 122 cm³/mol. The molecule has 1 heterocycles. The summed E-state index contributed by atoms with van der Waals surface area (Å²) in [4.78, 5) is 8.95. The lowest BCUT2D eigenvalue weighted by molar-refractivity contribution is 0.616.